The topological polar surface area (TPSA) is 0 Å². The highest BCUT2D eigenvalue weighted by Gasteiger charge is 1.95. The van der Waals surface area contributed by atoms with E-state index in [1.807, 2.05) is 6.08 Å². The molecule has 0 radical (unpaired) electrons. The monoisotopic (exact) mass is 180 g/mol. The van der Waals surface area contributed by atoms with Crippen LogP contribution in [-0.2, 0) is 0 Å². The third kappa shape index (κ3) is 2.12. The first-order valence-electron chi connectivity index (χ1n) is 4.04. The Hall–Kier alpha value is -0.750. The van der Waals surface area contributed by atoms with E-state index >= 15 is 0 Å². The van der Waals surface area contributed by atoms with E-state index in [0.29, 0.717) is 5.88 Å². The molecule has 0 fully saturated rings. The van der Waals surface area contributed by atoms with E-state index in [-0.39, 0.29) is 0 Å². The fourth-order valence-electron chi connectivity index (χ4n) is 1.13. The molecule has 1 heteroatoms. The Bertz CT molecular complexity index is 287. The predicted octanol–water partition coefficient (Wildman–Crippen LogP) is 3.56. The average molecular weight is 181 g/mol. The van der Waals surface area contributed by atoms with Crippen molar-refractivity contribution in [3.8, 4) is 0 Å². The van der Waals surface area contributed by atoms with Crippen LogP contribution < -0.4 is 0 Å². The van der Waals surface area contributed by atoms with Crippen molar-refractivity contribution < 1.29 is 0 Å². The van der Waals surface area contributed by atoms with Gasteiger partial charge in [-0.1, -0.05) is 30.4 Å². The maximum absolute atomic E-state index is 5.56. The normalized spacial score (nSPS) is 10.9. The van der Waals surface area contributed by atoms with Gasteiger partial charge in [-0.2, -0.15) is 0 Å². The molecule has 0 heterocycles. The van der Waals surface area contributed by atoms with Crippen LogP contribution in [0.5, 0.6) is 0 Å². The number of allylic oxidation sites excluding steroid dienone is 1. The Morgan fingerprint density at radius 2 is 2.08 bits per heavy atom. The Balaban J connectivity index is 3.00. The van der Waals surface area contributed by atoms with Crippen molar-refractivity contribution in [1.29, 1.82) is 0 Å². The van der Waals surface area contributed by atoms with Crippen LogP contribution in [0.15, 0.2) is 24.3 Å². The molecular formula is C11H13Cl. The molecule has 0 aromatic heterocycles. The molecule has 0 spiro atoms. The van der Waals surface area contributed by atoms with Gasteiger partial charge in [0, 0.05) is 5.88 Å². The number of hydrogen-bond donors (Lipinski definition) is 0. The van der Waals surface area contributed by atoms with Gasteiger partial charge in [0.05, 0.1) is 0 Å². The van der Waals surface area contributed by atoms with Crippen molar-refractivity contribution in [3.63, 3.8) is 0 Å². The van der Waals surface area contributed by atoms with Gasteiger partial charge < -0.3 is 0 Å². The van der Waals surface area contributed by atoms with Crippen LogP contribution in [0.2, 0.25) is 0 Å². The van der Waals surface area contributed by atoms with Crippen molar-refractivity contribution in [1.82, 2.24) is 0 Å². The van der Waals surface area contributed by atoms with E-state index in [1.165, 1.54) is 16.7 Å². The second kappa shape index (κ2) is 4.32. The third-order valence-electron chi connectivity index (χ3n) is 2.03. The summed E-state index contributed by atoms with van der Waals surface area (Å²) >= 11 is 5.56. The minimum atomic E-state index is 0.577. The maximum Gasteiger partial charge on any atom is 0.0407 e. The van der Waals surface area contributed by atoms with Crippen LogP contribution in [-0.4, -0.2) is 5.88 Å². The Morgan fingerprint density at radius 3 is 2.75 bits per heavy atom. The van der Waals surface area contributed by atoms with Gasteiger partial charge in [-0.25, -0.2) is 0 Å². The molecule has 0 bridgehead atoms. The molecule has 0 aliphatic heterocycles. The summed E-state index contributed by atoms with van der Waals surface area (Å²) in [5.41, 5.74) is 3.92. The molecule has 0 unspecified atom stereocenters. The lowest BCUT2D eigenvalue weighted by molar-refractivity contribution is 1.32. The van der Waals surface area contributed by atoms with Gasteiger partial charge in [-0.15, -0.1) is 11.6 Å². The SMILES string of the molecule is Cc1cccc(C=CCCl)c1C. The maximum atomic E-state index is 5.56. The van der Waals surface area contributed by atoms with Crippen LogP contribution in [0.4, 0.5) is 0 Å². The Labute approximate surface area is 78.9 Å². The van der Waals surface area contributed by atoms with Gasteiger partial charge in [0.15, 0.2) is 0 Å². The molecule has 64 valence electrons. The molecule has 1 rings (SSSR count). The zero-order valence-corrected chi connectivity index (χ0v) is 8.23. The molecule has 0 amide bonds. The van der Waals surface area contributed by atoms with Crippen LogP contribution in [0.3, 0.4) is 0 Å². The van der Waals surface area contributed by atoms with E-state index in [4.69, 9.17) is 11.6 Å². The number of benzene rings is 1. The quantitative estimate of drug-likeness (QED) is 0.611. The van der Waals surface area contributed by atoms with Gasteiger partial charge >= 0.3 is 0 Å². The molecule has 0 N–H and O–H groups in total. The first-order chi connectivity index (χ1) is 5.75. The molecule has 1 aromatic carbocycles. The van der Waals surface area contributed by atoms with Crippen molar-refractivity contribution in [2.45, 2.75) is 13.8 Å². The Morgan fingerprint density at radius 1 is 1.33 bits per heavy atom. The summed E-state index contributed by atoms with van der Waals surface area (Å²) < 4.78 is 0. The van der Waals surface area contributed by atoms with Gasteiger partial charge in [-0.05, 0) is 30.5 Å². The summed E-state index contributed by atoms with van der Waals surface area (Å²) in [6.45, 7) is 4.25. The number of aryl methyl sites for hydroxylation is 1. The molecular weight excluding hydrogens is 168 g/mol. The zero-order chi connectivity index (χ0) is 8.97. The summed E-state index contributed by atoms with van der Waals surface area (Å²) in [6, 6.07) is 6.29. The first-order valence-corrected chi connectivity index (χ1v) is 4.58. The fraction of sp³-hybridized carbons (Fsp3) is 0.273. The fourth-order valence-corrected chi connectivity index (χ4v) is 1.21. The third-order valence-corrected chi connectivity index (χ3v) is 2.21. The van der Waals surface area contributed by atoms with Crippen LogP contribution in [0.1, 0.15) is 16.7 Å². The van der Waals surface area contributed by atoms with Crippen LogP contribution in [0, 0.1) is 13.8 Å². The second-order valence-corrected chi connectivity index (χ2v) is 3.15. The number of halogens is 1. The van der Waals surface area contributed by atoms with Crippen molar-refractivity contribution >= 4 is 17.7 Å². The minimum absolute atomic E-state index is 0.577. The molecule has 0 saturated heterocycles. The van der Waals surface area contributed by atoms with Crippen LogP contribution >= 0.6 is 11.6 Å². The summed E-state index contributed by atoms with van der Waals surface area (Å²) in [4.78, 5) is 0. The van der Waals surface area contributed by atoms with Crippen molar-refractivity contribution in [2.24, 2.45) is 0 Å². The molecule has 0 aliphatic carbocycles. The molecule has 0 nitrogen and oxygen atoms in total. The summed E-state index contributed by atoms with van der Waals surface area (Å²) in [5.74, 6) is 0.577. The molecule has 0 atom stereocenters. The zero-order valence-electron chi connectivity index (χ0n) is 7.47. The predicted molar refractivity (Wildman–Crippen MR) is 55.7 cm³/mol. The highest BCUT2D eigenvalue weighted by Crippen LogP contribution is 2.13. The molecule has 1 aromatic rings. The lowest BCUT2D eigenvalue weighted by atomic mass is 10.0. The molecule has 0 saturated carbocycles. The van der Waals surface area contributed by atoms with Crippen molar-refractivity contribution in [3.05, 3.63) is 41.0 Å². The largest absolute Gasteiger partial charge is 0.122 e. The van der Waals surface area contributed by atoms with Gasteiger partial charge in [0.1, 0.15) is 0 Å². The summed E-state index contributed by atoms with van der Waals surface area (Å²) in [7, 11) is 0. The van der Waals surface area contributed by atoms with E-state index < -0.39 is 0 Å². The van der Waals surface area contributed by atoms with E-state index in [0.717, 1.165) is 0 Å². The number of alkyl halides is 1. The average Bonchev–Trinajstić information content (AvgIpc) is 2.08. The molecule has 0 aliphatic rings. The van der Waals surface area contributed by atoms with Gasteiger partial charge in [0.25, 0.3) is 0 Å². The highest BCUT2D eigenvalue weighted by atomic mass is 35.5. The minimum Gasteiger partial charge on any atom is -0.122 e. The van der Waals surface area contributed by atoms with E-state index in [2.05, 4.69) is 38.1 Å². The van der Waals surface area contributed by atoms with E-state index in [1.54, 1.807) is 0 Å². The number of rotatable bonds is 2. The lowest BCUT2D eigenvalue weighted by Crippen LogP contribution is -1.84. The lowest BCUT2D eigenvalue weighted by Gasteiger charge is -2.02. The second-order valence-electron chi connectivity index (χ2n) is 2.85. The van der Waals surface area contributed by atoms with Crippen LogP contribution in [0.25, 0.3) is 6.08 Å². The first kappa shape index (κ1) is 9.34. The molecule has 12 heavy (non-hydrogen) atoms. The van der Waals surface area contributed by atoms with E-state index in [9.17, 15) is 0 Å². The van der Waals surface area contributed by atoms with Crippen molar-refractivity contribution in [2.75, 3.05) is 5.88 Å². The smallest absolute Gasteiger partial charge is 0.0407 e. The van der Waals surface area contributed by atoms with Gasteiger partial charge in [0.2, 0.25) is 0 Å². The standard InChI is InChI=1S/C11H13Cl/c1-9-5-3-6-11(10(9)2)7-4-8-12/h3-7H,8H2,1-2H3. The Kier molecular flexibility index (Phi) is 3.36. The van der Waals surface area contributed by atoms with Gasteiger partial charge in [-0.3, -0.25) is 0 Å². The summed E-state index contributed by atoms with van der Waals surface area (Å²) in [6.07, 6.45) is 4.03. The summed E-state index contributed by atoms with van der Waals surface area (Å²) in [5, 5.41) is 0. The highest BCUT2D eigenvalue weighted by molar-refractivity contribution is 6.19. The number of hydrogen-bond acceptors (Lipinski definition) is 0.